The second kappa shape index (κ2) is 21.9. The van der Waals surface area contributed by atoms with Crippen molar-refractivity contribution in [2.45, 2.75) is 79.8 Å². The highest BCUT2D eigenvalue weighted by Crippen LogP contribution is 2.62. The molecule has 6 atom stereocenters. The molecule has 0 radical (unpaired) electrons. The molecule has 9 nitrogen and oxygen atoms in total. The Morgan fingerprint density at radius 1 is 0.932 bits per heavy atom. The van der Waals surface area contributed by atoms with Crippen LogP contribution in [0.3, 0.4) is 0 Å². The van der Waals surface area contributed by atoms with Crippen LogP contribution in [0.2, 0.25) is 0 Å². The fourth-order valence-corrected chi connectivity index (χ4v) is 11.1. The number of unbranched alkanes of at least 4 members (excludes halogenated alkanes) is 2. The van der Waals surface area contributed by atoms with E-state index in [9.17, 15) is 10.2 Å². The van der Waals surface area contributed by atoms with Crippen molar-refractivity contribution in [3.8, 4) is 11.5 Å². The molecular weight excluding hydrogens is 779 g/mol. The van der Waals surface area contributed by atoms with Gasteiger partial charge in [-0.05, 0) is 84.7 Å². The molecule has 4 aromatic rings. The average Bonchev–Trinajstić information content (AvgIpc) is 3.27. The van der Waals surface area contributed by atoms with Gasteiger partial charge in [-0.2, -0.15) is 11.8 Å². The van der Waals surface area contributed by atoms with Crippen molar-refractivity contribution in [1.82, 2.24) is 9.97 Å². The Balaban J connectivity index is 1.30. The molecule has 6 unspecified atom stereocenters. The molecule has 59 heavy (non-hydrogen) atoms. The number of nitrogens with zero attached hydrogens (tertiary/aromatic N) is 3. The highest BCUT2D eigenvalue weighted by Gasteiger charge is 2.64. The lowest BCUT2D eigenvalue weighted by Gasteiger charge is -2.58. The van der Waals surface area contributed by atoms with E-state index in [0.717, 1.165) is 96.1 Å². The van der Waals surface area contributed by atoms with Gasteiger partial charge in [0.05, 0.1) is 35.8 Å². The summed E-state index contributed by atoms with van der Waals surface area (Å²) in [5.74, 6) is 2.38. The number of aliphatic hydroxyl groups is 2. The number of ether oxygens (including phenoxy) is 3. The Hall–Kier alpha value is -4.13. The van der Waals surface area contributed by atoms with Crippen LogP contribution in [-0.4, -0.2) is 74.9 Å². The van der Waals surface area contributed by atoms with Gasteiger partial charge in [-0.1, -0.05) is 78.7 Å². The number of thioether (sulfide) groups is 2. The van der Waals surface area contributed by atoms with Crippen molar-refractivity contribution >= 4 is 29.2 Å². The Kier molecular flexibility index (Phi) is 16.0. The van der Waals surface area contributed by atoms with Gasteiger partial charge in [0.2, 0.25) is 5.79 Å². The number of allylic oxidation sites excluding steroid dienone is 1. The third-order valence-corrected chi connectivity index (χ3v) is 13.8. The molecule has 3 aliphatic rings. The van der Waals surface area contributed by atoms with Crippen molar-refractivity contribution in [1.29, 1.82) is 0 Å². The van der Waals surface area contributed by atoms with Crippen molar-refractivity contribution in [2.75, 3.05) is 37.9 Å². The summed E-state index contributed by atoms with van der Waals surface area (Å²) >= 11 is 3.61. The van der Waals surface area contributed by atoms with Crippen molar-refractivity contribution in [3.63, 3.8) is 0 Å². The summed E-state index contributed by atoms with van der Waals surface area (Å²) < 4.78 is 20.9. The lowest BCUT2D eigenvalue weighted by Crippen LogP contribution is -2.64. The summed E-state index contributed by atoms with van der Waals surface area (Å²) in [5, 5.41) is 24.6. The first-order valence-corrected chi connectivity index (χ1v) is 23.1. The van der Waals surface area contributed by atoms with E-state index in [1.807, 2.05) is 54.4 Å². The van der Waals surface area contributed by atoms with Gasteiger partial charge in [0.1, 0.15) is 18.1 Å². The molecule has 1 aromatic heterocycles. The summed E-state index contributed by atoms with van der Waals surface area (Å²) in [6.07, 6.45) is 16.0. The fraction of sp³-hybridized carbons (Fsp3) is 0.438. The molecule has 1 aliphatic heterocycles. The molecule has 2 N–H and O–H groups in total. The first kappa shape index (κ1) is 43.0. The molecular formula is C48H57N3O6S2. The standard InChI is InChI=1S/C48H57N3O6S2/c1-2-26-55-48-45(59-28-21-37-33-49-22-23-50-37)32-43(51-56-34-35-13-5-3-6-14-35)41-30-36(15-9-11-24-52)40(18-10-12-25-53)46(47(41)48)42-31-38(19-20-44(42)57-48)54-27-29-58-39-16-7-4-8-17-39/h2-8,13-14,16-17,19-20,22-23,30-31,33,36,40,45-47,52-53H,1,9-12,15,18,21,24-29,32,34H2. The van der Waals surface area contributed by atoms with Gasteiger partial charge < -0.3 is 29.3 Å². The lowest BCUT2D eigenvalue weighted by molar-refractivity contribution is -0.223. The minimum Gasteiger partial charge on any atom is -0.493 e. The SMILES string of the molecule is C=CCOC12Oc3ccc(OCCSc4ccccc4)cc3C3C(CCCCO)C(CCCCO)C=C(C(=NOCc4ccccc4)CC1SCCc1cnccn1)C32. The highest BCUT2D eigenvalue weighted by molar-refractivity contribution is 8.00. The fourth-order valence-electron chi connectivity index (χ4n) is 8.93. The number of rotatable bonds is 23. The smallest absolute Gasteiger partial charge is 0.230 e. The van der Waals surface area contributed by atoms with E-state index in [-0.39, 0.29) is 42.1 Å². The first-order chi connectivity index (χ1) is 29.1. The van der Waals surface area contributed by atoms with Gasteiger partial charge in [-0.3, -0.25) is 9.97 Å². The maximum atomic E-state index is 9.96. The van der Waals surface area contributed by atoms with Crippen LogP contribution in [0.4, 0.5) is 0 Å². The first-order valence-electron chi connectivity index (χ1n) is 21.0. The van der Waals surface area contributed by atoms with Gasteiger partial charge in [-0.25, -0.2) is 0 Å². The number of hydrogen-bond acceptors (Lipinski definition) is 11. The summed E-state index contributed by atoms with van der Waals surface area (Å²) in [5.41, 5.74) is 5.14. The third-order valence-electron chi connectivity index (χ3n) is 11.5. The van der Waals surface area contributed by atoms with Crippen LogP contribution in [0.1, 0.15) is 67.7 Å². The van der Waals surface area contributed by atoms with Crippen LogP contribution < -0.4 is 9.47 Å². The van der Waals surface area contributed by atoms with E-state index in [2.05, 4.69) is 71.2 Å². The summed E-state index contributed by atoms with van der Waals surface area (Å²) in [4.78, 5) is 16.3. The zero-order chi connectivity index (χ0) is 40.7. The van der Waals surface area contributed by atoms with Gasteiger partial charge in [0.25, 0.3) is 0 Å². The van der Waals surface area contributed by atoms with Crippen LogP contribution in [0, 0.1) is 17.8 Å². The van der Waals surface area contributed by atoms with Crippen LogP contribution in [-0.2, 0) is 22.6 Å². The molecule has 312 valence electrons. The molecule has 11 heteroatoms. The number of hydrogen-bond donors (Lipinski definition) is 2. The molecule has 0 bridgehead atoms. The molecule has 0 spiro atoms. The lowest BCUT2D eigenvalue weighted by atomic mass is 9.56. The Labute approximate surface area is 357 Å². The number of oxime groups is 1. The average molecular weight is 836 g/mol. The van der Waals surface area contributed by atoms with Crippen molar-refractivity contribution in [3.05, 3.63) is 139 Å². The van der Waals surface area contributed by atoms with Gasteiger partial charge >= 0.3 is 0 Å². The van der Waals surface area contributed by atoms with E-state index in [1.165, 1.54) is 4.90 Å². The second-order valence-electron chi connectivity index (χ2n) is 15.3. The topological polar surface area (TPSA) is 116 Å². The predicted molar refractivity (Wildman–Crippen MR) is 237 cm³/mol. The van der Waals surface area contributed by atoms with Gasteiger partial charge in [0.15, 0.2) is 0 Å². The summed E-state index contributed by atoms with van der Waals surface area (Å²) in [6, 6.07) is 26.8. The van der Waals surface area contributed by atoms with Crippen LogP contribution >= 0.6 is 23.5 Å². The molecule has 1 fully saturated rings. The molecule has 2 heterocycles. The van der Waals surface area contributed by atoms with Gasteiger partial charge in [0, 0.05) is 66.8 Å². The van der Waals surface area contributed by atoms with E-state index >= 15 is 0 Å². The zero-order valence-electron chi connectivity index (χ0n) is 33.8. The molecule has 2 aliphatic carbocycles. The van der Waals surface area contributed by atoms with Crippen LogP contribution in [0.15, 0.2) is 132 Å². The van der Waals surface area contributed by atoms with Crippen molar-refractivity contribution < 1.29 is 29.3 Å². The minimum absolute atomic E-state index is 0.00802. The maximum absolute atomic E-state index is 9.96. The van der Waals surface area contributed by atoms with Crippen molar-refractivity contribution in [2.24, 2.45) is 22.9 Å². The largest absolute Gasteiger partial charge is 0.493 e. The zero-order valence-corrected chi connectivity index (χ0v) is 35.4. The normalized spacial score (nSPS) is 23.7. The van der Waals surface area contributed by atoms with Crippen LogP contribution in [0.5, 0.6) is 11.5 Å². The summed E-state index contributed by atoms with van der Waals surface area (Å²) in [6.45, 7) is 5.63. The summed E-state index contributed by atoms with van der Waals surface area (Å²) in [7, 11) is 0. The second-order valence-corrected chi connectivity index (χ2v) is 17.8. The number of fused-ring (bicyclic) bond motifs is 2. The molecule has 0 saturated heterocycles. The minimum atomic E-state index is -1.04. The Morgan fingerprint density at radius 3 is 2.49 bits per heavy atom. The number of benzene rings is 3. The monoisotopic (exact) mass is 835 g/mol. The van der Waals surface area contributed by atoms with E-state index in [1.54, 1.807) is 24.2 Å². The Morgan fingerprint density at radius 2 is 1.73 bits per heavy atom. The molecule has 3 aromatic carbocycles. The molecule has 1 saturated carbocycles. The quantitative estimate of drug-likeness (QED) is 0.0324. The number of aryl methyl sites for hydroxylation is 1. The predicted octanol–water partition coefficient (Wildman–Crippen LogP) is 9.46. The van der Waals surface area contributed by atoms with E-state index in [0.29, 0.717) is 26.2 Å². The molecule has 7 rings (SSSR count). The number of aromatic nitrogens is 2. The van der Waals surface area contributed by atoms with E-state index in [4.69, 9.17) is 24.2 Å². The third kappa shape index (κ3) is 10.8. The highest BCUT2D eigenvalue weighted by atomic mass is 32.2. The van der Waals surface area contributed by atoms with E-state index < -0.39 is 5.79 Å². The molecule has 0 amide bonds. The Bertz CT molecular complexity index is 1970. The van der Waals surface area contributed by atoms with Gasteiger partial charge in [-0.15, -0.1) is 18.3 Å². The van der Waals surface area contributed by atoms with Crippen LogP contribution in [0.25, 0.3) is 0 Å². The number of aliphatic hydroxyl groups excluding tert-OH is 2. The maximum Gasteiger partial charge on any atom is 0.230 e.